The van der Waals surface area contributed by atoms with Crippen LogP contribution < -0.4 is 5.32 Å². The first kappa shape index (κ1) is 17.7. The maximum Gasteiger partial charge on any atom is 0.225 e. The third-order valence-electron chi connectivity index (χ3n) is 6.22. The number of hydrogen-bond donors (Lipinski definition) is 1. The van der Waals surface area contributed by atoms with Gasteiger partial charge >= 0.3 is 0 Å². The van der Waals surface area contributed by atoms with Crippen molar-refractivity contribution < 1.29 is 9.53 Å². The van der Waals surface area contributed by atoms with Crippen molar-refractivity contribution in [2.75, 3.05) is 51.2 Å². The minimum Gasteiger partial charge on any atom is -0.376 e. The number of fused-ring (bicyclic) bond motifs is 1. The van der Waals surface area contributed by atoms with Gasteiger partial charge in [0.1, 0.15) is 0 Å². The van der Waals surface area contributed by atoms with E-state index >= 15 is 0 Å². The average Bonchev–Trinajstić information content (AvgIpc) is 3.28. The van der Waals surface area contributed by atoms with Crippen LogP contribution in [0.1, 0.15) is 19.8 Å². The molecule has 3 fully saturated rings. The average molecular weight is 359 g/mol. The van der Waals surface area contributed by atoms with Crippen LogP contribution >= 0.6 is 0 Å². The molecule has 1 amide bonds. The van der Waals surface area contributed by atoms with Crippen LogP contribution in [0, 0.1) is 17.8 Å². The van der Waals surface area contributed by atoms with Crippen LogP contribution in [0.4, 0.5) is 5.95 Å². The third-order valence-corrected chi connectivity index (χ3v) is 6.22. The van der Waals surface area contributed by atoms with E-state index in [1.807, 2.05) is 6.07 Å². The van der Waals surface area contributed by atoms with Gasteiger partial charge in [-0.3, -0.25) is 4.79 Å². The smallest absolute Gasteiger partial charge is 0.225 e. The number of carbonyl (C=O) groups is 1. The lowest BCUT2D eigenvalue weighted by Gasteiger charge is -2.32. The van der Waals surface area contributed by atoms with Crippen molar-refractivity contribution in [1.29, 1.82) is 0 Å². The van der Waals surface area contributed by atoms with Crippen LogP contribution in [0.25, 0.3) is 0 Å². The maximum atomic E-state index is 12.9. The predicted molar refractivity (Wildman–Crippen MR) is 98.7 cm³/mol. The number of aromatic nitrogens is 2. The molecular formula is C19H29N5O2. The second-order valence-corrected chi connectivity index (χ2v) is 7.70. The number of nitrogens with one attached hydrogen (secondary N) is 1. The topological polar surface area (TPSA) is 70.6 Å². The lowest BCUT2D eigenvalue weighted by molar-refractivity contribution is -0.136. The van der Waals surface area contributed by atoms with E-state index in [1.54, 1.807) is 12.4 Å². The molecule has 4 heterocycles. The van der Waals surface area contributed by atoms with Crippen LogP contribution in [-0.4, -0.2) is 77.7 Å². The molecule has 0 aromatic carbocycles. The molecule has 0 aliphatic carbocycles. The molecule has 3 aliphatic heterocycles. The van der Waals surface area contributed by atoms with Crippen LogP contribution in [0.2, 0.25) is 0 Å². The van der Waals surface area contributed by atoms with Gasteiger partial charge in [0.05, 0.1) is 12.7 Å². The maximum absolute atomic E-state index is 12.9. The van der Waals surface area contributed by atoms with Crippen molar-refractivity contribution in [2.45, 2.75) is 25.9 Å². The summed E-state index contributed by atoms with van der Waals surface area (Å²) >= 11 is 0. The van der Waals surface area contributed by atoms with Gasteiger partial charge in [-0.25, -0.2) is 9.97 Å². The Morgan fingerprint density at radius 1 is 1.27 bits per heavy atom. The summed E-state index contributed by atoms with van der Waals surface area (Å²) in [4.78, 5) is 25.8. The van der Waals surface area contributed by atoms with Gasteiger partial charge < -0.3 is 19.9 Å². The van der Waals surface area contributed by atoms with Crippen molar-refractivity contribution in [3.63, 3.8) is 0 Å². The van der Waals surface area contributed by atoms with Crippen LogP contribution in [0.5, 0.6) is 0 Å². The highest BCUT2D eigenvalue weighted by Gasteiger charge is 2.46. The number of ether oxygens (including phenoxy) is 1. The van der Waals surface area contributed by atoms with Crippen molar-refractivity contribution in [3.8, 4) is 0 Å². The second-order valence-electron chi connectivity index (χ2n) is 7.70. The highest BCUT2D eigenvalue weighted by atomic mass is 16.5. The molecule has 0 unspecified atom stereocenters. The summed E-state index contributed by atoms with van der Waals surface area (Å²) in [5.41, 5.74) is 0. The molecule has 1 aromatic rings. The highest BCUT2D eigenvalue weighted by molar-refractivity contribution is 5.79. The Morgan fingerprint density at radius 3 is 2.77 bits per heavy atom. The second kappa shape index (κ2) is 7.88. The fraction of sp³-hybridized carbons (Fsp3) is 0.737. The quantitative estimate of drug-likeness (QED) is 0.849. The SMILES string of the molecule is CCN1CCC(C(=O)N2C[C@@H]3[C@@H](CNc4ncccn4)CO[C@@H]3C2)CC1. The Hall–Kier alpha value is -1.73. The number of amides is 1. The Bertz CT molecular complexity index is 605. The first-order chi connectivity index (χ1) is 12.7. The molecule has 26 heavy (non-hydrogen) atoms. The summed E-state index contributed by atoms with van der Waals surface area (Å²) in [6, 6.07) is 1.81. The summed E-state index contributed by atoms with van der Waals surface area (Å²) in [6.07, 6.45) is 5.66. The van der Waals surface area contributed by atoms with Gasteiger partial charge in [0, 0.05) is 49.8 Å². The normalized spacial score (nSPS) is 29.7. The van der Waals surface area contributed by atoms with E-state index in [1.165, 1.54) is 0 Å². The zero-order valence-electron chi connectivity index (χ0n) is 15.5. The molecule has 7 heteroatoms. The van der Waals surface area contributed by atoms with E-state index in [2.05, 4.69) is 32.0 Å². The lowest BCUT2D eigenvalue weighted by Crippen LogP contribution is -2.42. The van der Waals surface area contributed by atoms with E-state index in [0.29, 0.717) is 23.7 Å². The Labute approximate surface area is 155 Å². The molecule has 4 rings (SSSR count). The lowest BCUT2D eigenvalue weighted by atomic mass is 9.93. The molecular weight excluding hydrogens is 330 g/mol. The number of nitrogens with zero attached hydrogens (tertiary/aromatic N) is 4. The number of rotatable bonds is 5. The molecule has 1 N–H and O–H groups in total. The Balaban J connectivity index is 1.29. The summed E-state index contributed by atoms with van der Waals surface area (Å²) in [6.45, 7) is 8.52. The zero-order valence-corrected chi connectivity index (χ0v) is 15.5. The monoisotopic (exact) mass is 359 g/mol. The van der Waals surface area contributed by atoms with Gasteiger partial charge in [0.25, 0.3) is 0 Å². The van der Waals surface area contributed by atoms with Crippen molar-refractivity contribution in [2.24, 2.45) is 17.8 Å². The summed E-state index contributed by atoms with van der Waals surface area (Å²) in [7, 11) is 0. The highest BCUT2D eigenvalue weighted by Crippen LogP contribution is 2.35. The molecule has 7 nitrogen and oxygen atoms in total. The predicted octanol–water partition coefficient (Wildman–Crippen LogP) is 1.09. The fourth-order valence-corrected chi connectivity index (χ4v) is 4.56. The van der Waals surface area contributed by atoms with Crippen molar-refractivity contribution in [1.82, 2.24) is 19.8 Å². The van der Waals surface area contributed by atoms with E-state index in [4.69, 9.17) is 4.74 Å². The molecule has 3 aliphatic rings. The van der Waals surface area contributed by atoms with E-state index in [0.717, 1.165) is 58.7 Å². The van der Waals surface area contributed by atoms with Crippen molar-refractivity contribution >= 4 is 11.9 Å². The Morgan fingerprint density at radius 2 is 2.04 bits per heavy atom. The molecule has 142 valence electrons. The molecule has 0 saturated carbocycles. The molecule has 1 aromatic heterocycles. The Kier molecular flexibility index (Phi) is 5.36. The van der Waals surface area contributed by atoms with Gasteiger partial charge in [0.15, 0.2) is 0 Å². The van der Waals surface area contributed by atoms with E-state index < -0.39 is 0 Å². The number of hydrogen-bond acceptors (Lipinski definition) is 6. The standard InChI is InChI=1S/C19H29N5O2/c1-2-23-8-4-14(5-9-23)18(25)24-11-16-15(13-26-17(16)12-24)10-22-19-20-6-3-7-21-19/h3,6-7,14-17H,2,4-5,8-13H2,1H3,(H,20,21,22)/t15-,16+,17+/m0/s1. The molecule has 0 spiro atoms. The van der Waals surface area contributed by atoms with Gasteiger partial charge in [-0.15, -0.1) is 0 Å². The van der Waals surface area contributed by atoms with Crippen LogP contribution in [0.15, 0.2) is 18.5 Å². The summed E-state index contributed by atoms with van der Waals surface area (Å²) in [5, 5.41) is 3.31. The van der Waals surface area contributed by atoms with Crippen LogP contribution in [-0.2, 0) is 9.53 Å². The van der Waals surface area contributed by atoms with Crippen LogP contribution in [0.3, 0.4) is 0 Å². The first-order valence-corrected chi connectivity index (χ1v) is 9.88. The van der Waals surface area contributed by atoms with Gasteiger partial charge in [0.2, 0.25) is 11.9 Å². The van der Waals surface area contributed by atoms with Gasteiger partial charge in [-0.05, 0) is 38.5 Å². The summed E-state index contributed by atoms with van der Waals surface area (Å²) < 4.78 is 6.00. The van der Waals surface area contributed by atoms with Crippen molar-refractivity contribution in [3.05, 3.63) is 18.5 Å². The number of piperidine rings is 1. The van der Waals surface area contributed by atoms with E-state index in [-0.39, 0.29) is 12.0 Å². The number of likely N-dealkylation sites (tertiary alicyclic amines) is 2. The molecule has 0 radical (unpaired) electrons. The van der Waals surface area contributed by atoms with E-state index in [9.17, 15) is 4.79 Å². The first-order valence-electron chi connectivity index (χ1n) is 9.88. The zero-order chi connectivity index (χ0) is 17.9. The fourth-order valence-electron chi connectivity index (χ4n) is 4.56. The minimum atomic E-state index is 0.193. The number of carbonyl (C=O) groups excluding carboxylic acids is 1. The minimum absolute atomic E-state index is 0.193. The molecule has 0 bridgehead atoms. The largest absolute Gasteiger partial charge is 0.376 e. The van der Waals surface area contributed by atoms with Gasteiger partial charge in [-0.2, -0.15) is 0 Å². The molecule has 3 atom stereocenters. The third kappa shape index (κ3) is 3.69. The molecule has 3 saturated heterocycles. The summed E-state index contributed by atoms with van der Waals surface area (Å²) in [5.74, 6) is 2.03. The van der Waals surface area contributed by atoms with Gasteiger partial charge in [-0.1, -0.05) is 6.92 Å². The number of anilines is 1.